The van der Waals surface area contributed by atoms with Crippen molar-refractivity contribution in [2.45, 2.75) is 6.92 Å². The molecule has 0 bridgehead atoms. The lowest BCUT2D eigenvalue weighted by molar-refractivity contribution is 0.100. The number of benzene rings is 2. The fraction of sp³-hybridized carbons (Fsp3) is 0.0714. The average Bonchev–Trinajstić information content (AvgIpc) is 2.28. The van der Waals surface area contributed by atoms with Crippen LogP contribution >= 0.6 is 0 Å². The van der Waals surface area contributed by atoms with E-state index in [0.717, 1.165) is 11.3 Å². The summed E-state index contributed by atoms with van der Waals surface area (Å²) in [6, 6.07) is 12.8. The van der Waals surface area contributed by atoms with Crippen LogP contribution in [0.2, 0.25) is 0 Å². The van der Waals surface area contributed by atoms with Gasteiger partial charge in [0.15, 0.2) is 0 Å². The van der Waals surface area contributed by atoms with E-state index in [-0.39, 0.29) is 0 Å². The predicted octanol–water partition coefficient (Wildman–Crippen LogP) is 2.42. The Labute approximate surface area is 106 Å². The van der Waals surface area contributed by atoms with Crippen molar-refractivity contribution in [1.29, 1.82) is 0 Å². The number of nitrogens with one attached hydrogen (secondary N) is 1. The summed E-state index contributed by atoms with van der Waals surface area (Å²) < 4.78 is 0. The molecule has 2 aromatic carbocycles. The topological polar surface area (TPSA) is 81.1 Å². The zero-order valence-electron chi connectivity index (χ0n) is 10.1. The minimum Gasteiger partial charge on any atom is -0.399 e. The fourth-order valence-electron chi connectivity index (χ4n) is 1.76. The van der Waals surface area contributed by atoms with E-state index in [1.807, 2.05) is 31.2 Å². The Kier molecular flexibility index (Phi) is 3.19. The molecule has 0 unspecified atom stereocenters. The van der Waals surface area contributed by atoms with Crippen LogP contribution < -0.4 is 16.8 Å². The molecule has 0 aliphatic heterocycles. The van der Waals surface area contributed by atoms with Gasteiger partial charge in [0.2, 0.25) is 0 Å². The maximum Gasteiger partial charge on any atom is 0.250 e. The minimum atomic E-state index is -0.481. The standard InChI is InChI=1S/C14H15N3O/c1-9-3-2-4-11(7-9)17-13-8-10(15)5-6-12(13)14(16)18/h2-8,17H,15H2,1H3,(H2,16,18). The molecule has 4 nitrogen and oxygen atoms in total. The van der Waals surface area contributed by atoms with Crippen LogP contribution in [0.3, 0.4) is 0 Å². The van der Waals surface area contributed by atoms with E-state index >= 15 is 0 Å². The second kappa shape index (κ2) is 4.79. The SMILES string of the molecule is Cc1cccc(Nc2cc(N)ccc2C(N)=O)c1. The van der Waals surface area contributed by atoms with Gasteiger partial charge in [0, 0.05) is 11.4 Å². The second-order valence-electron chi connectivity index (χ2n) is 4.16. The summed E-state index contributed by atoms with van der Waals surface area (Å²) in [4.78, 5) is 11.3. The first-order chi connectivity index (χ1) is 8.56. The van der Waals surface area contributed by atoms with Crippen molar-refractivity contribution in [1.82, 2.24) is 0 Å². The molecule has 0 aromatic heterocycles. The molecule has 2 rings (SSSR count). The molecular weight excluding hydrogens is 226 g/mol. The van der Waals surface area contributed by atoms with E-state index in [2.05, 4.69) is 5.32 Å². The lowest BCUT2D eigenvalue weighted by atomic mass is 10.1. The maximum absolute atomic E-state index is 11.3. The molecule has 2 aromatic rings. The van der Waals surface area contributed by atoms with Crippen LogP contribution in [0.25, 0.3) is 0 Å². The molecule has 1 amide bonds. The van der Waals surface area contributed by atoms with Crippen molar-refractivity contribution in [2.24, 2.45) is 5.73 Å². The normalized spacial score (nSPS) is 10.1. The molecule has 92 valence electrons. The van der Waals surface area contributed by atoms with Crippen LogP contribution in [0.5, 0.6) is 0 Å². The van der Waals surface area contributed by atoms with Gasteiger partial charge in [0.1, 0.15) is 0 Å². The van der Waals surface area contributed by atoms with E-state index in [9.17, 15) is 4.79 Å². The molecule has 0 fully saturated rings. The van der Waals surface area contributed by atoms with Crippen LogP contribution in [-0.4, -0.2) is 5.91 Å². The summed E-state index contributed by atoms with van der Waals surface area (Å²) in [7, 11) is 0. The first kappa shape index (κ1) is 12.0. The molecule has 0 saturated heterocycles. The lowest BCUT2D eigenvalue weighted by Gasteiger charge is -2.11. The van der Waals surface area contributed by atoms with E-state index in [1.165, 1.54) is 0 Å². The summed E-state index contributed by atoms with van der Waals surface area (Å²) >= 11 is 0. The number of carbonyl (C=O) groups is 1. The molecule has 18 heavy (non-hydrogen) atoms. The summed E-state index contributed by atoms with van der Waals surface area (Å²) in [5.41, 5.74) is 14.7. The molecule has 4 heteroatoms. The van der Waals surface area contributed by atoms with Crippen molar-refractivity contribution in [3.63, 3.8) is 0 Å². The number of nitrogen functional groups attached to an aromatic ring is 1. The number of rotatable bonds is 3. The first-order valence-electron chi connectivity index (χ1n) is 5.59. The Hall–Kier alpha value is -2.49. The van der Waals surface area contributed by atoms with E-state index < -0.39 is 5.91 Å². The quantitative estimate of drug-likeness (QED) is 0.722. The highest BCUT2D eigenvalue weighted by Crippen LogP contribution is 2.23. The molecule has 0 heterocycles. The Morgan fingerprint density at radius 3 is 2.61 bits per heavy atom. The molecular formula is C14H15N3O. The van der Waals surface area contributed by atoms with Crippen LogP contribution in [0.1, 0.15) is 15.9 Å². The van der Waals surface area contributed by atoms with Gasteiger partial charge < -0.3 is 16.8 Å². The average molecular weight is 241 g/mol. The largest absolute Gasteiger partial charge is 0.399 e. The third-order valence-electron chi connectivity index (χ3n) is 2.61. The van der Waals surface area contributed by atoms with E-state index in [0.29, 0.717) is 16.9 Å². The van der Waals surface area contributed by atoms with Gasteiger partial charge >= 0.3 is 0 Å². The van der Waals surface area contributed by atoms with Gasteiger partial charge in [-0.15, -0.1) is 0 Å². The number of carbonyl (C=O) groups excluding carboxylic acids is 1. The number of nitrogens with two attached hydrogens (primary N) is 2. The Morgan fingerprint density at radius 1 is 1.17 bits per heavy atom. The van der Waals surface area contributed by atoms with Crippen LogP contribution in [0, 0.1) is 6.92 Å². The molecule has 0 spiro atoms. The third kappa shape index (κ3) is 2.60. The first-order valence-corrected chi connectivity index (χ1v) is 5.59. The fourth-order valence-corrected chi connectivity index (χ4v) is 1.76. The highest BCUT2D eigenvalue weighted by Gasteiger charge is 2.08. The monoisotopic (exact) mass is 241 g/mol. The smallest absolute Gasteiger partial charge is 0.250 e. The summed E-state index contributed by atoms with van der Waals surface area (Å²) in [5, 5.41) is 3.15. The number of amides is 1. The van der Waals surface area contributed by atoms with Crippen LogP contribution in [-0.2, 0) is 0 Å². The molecule has 5 N–H and O–H groups in total. The van der Waals surface area contributed by atoms with Crippen molar-refractivity contribution < 1.29 is 4.79 Å². The van der Waals surface area contributed by atoms with E-state index in [4.69, 9.17) is 11.5 Å². The zero-order valence-corrected chi connectivity index (χ0v) is 10.1. The molecule has 0 saturated carbocycles. The Morgan fingerprint density at radius 2 is 1.94 bits per heavy atom. The number of anilines is 3. The lowest BCUT2D eigenvalue weighted by Crippen LogP contribution is -2.13. The Balaban J connectivity index is 2.39. The van der Waals surface area contributed by atoms with Crippen molar-refractivity contribution in [3.05, 3.63) is 53.6 Å². The maximum atomic E-state index is 11.3. The molecule has 0 radical (unpaired) electrons. The third-order valence-corrected chi connectivity index (χ3v) is 2.61. The van der Waals surface area contributed by atoms with Crippen molar-refractivity contribution in [2.75, 3.05) is 11.1 Å². The van der Waals surface area contributed by atoms with Gasteiger partial charge in [0.05, 0.1) is 11.3 Å². The molecule has 0 atom stereocenters. The summed E-state index contributed by atoms with van der Waals surface area (Å²) in [6.07, 6.45) is 0. The minimum absolute atomic E-state index is 0.422. The number of hydrogen-bond acceptors (Lipinski definition) is 3. The number of aryl methyl sites for hydroxylation is 1. The van der Waals surface area contributed by atoms with Gasteiger partial charge in [0.25, 0.3) is 5.91 Å². The summed E-state index contributed by atoms with van der Waals surface area (Å²) in [5.74, 6) is -0.481. The van der Waals surface area contributed by atoms with Gasteiger partial charge in [-0.1, -0.05) is 12.1 Å². The van der Waals surface area contributed by atoms with Crippen molar-refractivity contribution >= 4 is 23.0 Å². The number of hydrogen-bond donors (Lipinski definition) is 3. The van der Waals surface area contributed by atoms with Gasteiger partial charge in [-0.05, 0) is 42.8 Å². The predicted molar refractivity (Wildman–Crippen MR) is 73.8 cm³/mol. The Bertz CT molecular complexity index is 593. The zero-order chi connectivity index (χ0) is 13.1. The van der Waals surface area contributed by atoms with Crippen molar-refractivity contribution in [3.8, 4) is 0 Å². The van der Waals surface area contributed by atoms with Gasteiger partial charge in [-0.2, -0.15) is 0 Å². The molecule has 0 aliphatic rings. The van der Waals surface area contributed by atoms with Crippen LogP contribution in [0.15, 0.2) is 42.5 Å². The van der Waals surface area contributed by atoms with Gasteiger partial charge in [-0.3, -0.25) is 4.79 Å². The van der Waals surface area contributed by atoms with E-state index in [1.54, 1.807) is 18.2 Å². The van der Waals surface area contributed by atoms with Gasteiger partial charge in [-0.25, -0.2) is 0 Å². The highest BCUT2D eigenvalue weighted by molar-refractivity contribution is 5.99. The number of primary amides is 1. The summed E-state index contributed by atoms with van der Waals surface area (Å²) in [6.45, 7) is 2.00. The van der Waals surface area contributed by atoms with Crippen LogP contribution in [0.4, 0.5) is 17.1 Å². The highest BCUT2D eigenvalue weighted by atomic mass is 16.1. The molecule has 0 aliphatic carbocycles. The second-order valence-corrected chi connectivity index (χ2v) is 4.16.